The van der Waals surface area contributed by atoms with Crippen LogP contribution in [0.5, 0.6) is 0 Å². The summed E-state index contributed by atoms with van der Waals surface area (Å²) in [5, 5.41) is 0. The van der Waals surface area contributed by atoms with E-state index in [9.17, 15) is 19.2 Å². The van der Waals surface area contributed by atoms with Crippen LogP contribution >= 0.6 is 0 Å². The lowest BCUT2D eigenvalue weighted by molar-refractivity contribution is -0.173. The fourth-order valence-electron chi connectivity index (χ4n) is 1.24. The van der Waals surface area contributed by atoms with Gasteiger partial charge >= 0.3 is 23.9 Å². The van der Waals surface area contributed by atoms with Gasteiger partial charge in [-0.25, -0.2) is 9.59 Å². The molecular formula is C20H34O8. The van der Waals surface area contributed by atoms with Crippen molar-refractivity contribution in [3.63, 3.8) is 0 Å². The van der Waals surface area contributed by atoms with Crippen molar-refractivity contribution in [3.8, 4) is 0 Å². The van der Waals surface area contributed by atoms with E-state index >= 15 is 0 Å². The summed E-state index contributed by atoms with van der Waals surface area (Å²) in [5.74, 6) is -3.19. The van der Waals surface area contributed by atoms with Crippen molar-refractivity contribution in [2.45, 2.75) is 53.8 Å². The maximum absolute atomic E-state index is 11.6. The van der Waals surface area contributed by atoms with E-state index in [0.29, 0.717) is 0 Å². The summed E-state index contributed by atoms with van der Waals surface area (Å²) in [5.41, 5.74) is 0. The molecule has 0 heterocycles. The lowest BCUT2D eigenvalue weighted by atomic mass is 10.2. The average molecular weight is 402 g/mol. The number of hydrogen-bond donors (Lipinski definition) is 0. The van der Waals surface area contributed by atoms with Crippen LogP contribution in [0.15, 0.2) is 26.3 Å². The Morgan fingerprint density at radius 3 is 1.04 bits per heavy atom. The molecule has 8 nitrogen and oxygen atoms in total. The van der Waals surface area contributed by atoms with Gasteiger partial charge in [-0.15, -0.1) is 26.3 Å². The third-order valence-corrected chi connectivity index (χ3v) is 2.76. The zero-order valence-corrected chi connectivity index (χ0v) is 17.8. The van der Waals surface area contributed by atoms with Crippen molar-refractivity contribution in [2.75, 3.05) is 13.2 Å². The van der Waals surface area contributed by atoms with Crippen LogP contribution < -0.4 is 0 Å². The quantitative estimate of drug-likeness (QED) is 0.251. The molecule has 0 fully saturated rings. The molecule has 0 spiro atoms. The van der Waals surface area contributed by atoms with Gasteiger partial charge in [0.25, 0.3) is 0 Å². The SMILES string of the molecule is C=C.C=C.CC(C)C(=O)OC(C)C(=O)OCCOC(=O)C(C)OC(=O)C(C)C. The predicted octanol–water partition coefficient (Wildman–Crippen LogP) is 2.85. The summed E-state index contributed by atoms with van der Waals surface area (Å²) in [6.45, 7) is 21.0. The highest BCUT2D eigenvalue weighted by Gasteiger charge is 2.22. The molecule has 0 amide bonds. The fraction of sp³-hybridized carbons (Fsp3) is 0.600. The van der Waals surface area contributed by atoms with Crippen LogP contribution in [0.25, 0.3) is 0 Å². The Balaban J connectivity index is -0.00000146. The Bertz CT molecular complexity index is 441. The molecule has 0 aromatic rings. The monoisotopic (exact) mass is 402 g/mol. The molecule has 0 aliphatic rings. The molecule has 162 valence electrons. The number of hydrogen-bond acceptors (Lipinski definition) is 8. The van der Waals surface area contributed by atoms with Crippen molar-refractivity contribution in [1.82, 2.24) is 0 Å². The Hall–Kier alpha value is -2.64. The molecule has 0 saturated heterocycles. The van der Waals surface area contributed by atoms with E-state index in [2.05, 4.69) is 26.3 Å². The van der Waals surface area contributed by atoms with E-state index in [0.717, 1.165) is 0 Å². The van der Waals surface area contributed by atoms with Gasteiger partial charge in [-0.1, -0.05) is 27.7 Å². The largest absolute Gasteiger partial charge is 0.459 e. The lowest BCUT2D eigenvalue weighted by Crippen LogP contribution is -2.31. The number of carbonyl (C=O) groups is 4. The maximum Gasteiger partial charge on any atom is 0.347 e. The van der Waals surface area contributed by atoms with Crippen molar-refractivity contribution >= 4 is 23.9 Å². The van der Waals surface area contributed by atoms with E-state index in [-0.39, 0.29) is 25.0 Å². The van der Waals surface area contributed by atoms with Crippen LogP contribution in [0.4, 0.5) is 0 Å². The molecule has 0 aromatic heterocycles. The molecule has 0 rings (SSSR count). The zero-order chi connectivity index (χ0) is 22.9. The van der Waals surface area contributed by atoms with E-state index < -0.39 is 36.1 Å². The van der Waals surface area contributed by atoms with Crippen molar-refractivity contribution < 1.29 is 38.1 Å². The molecular weight excluding hydrogens is 368 g/mol. The molecule has 0 bridgehead atoms. The summed E-state index contributed by atoms with van der Waals surface area (Å²) >= 11 is 0. The second-order valence-electron chi connectivity index (χ2n) is 5.80. The first kappa shape index (κ1) is 30.1. The normalized spacial score (nSPS) is 11.6. The van der Waals surface area contributed by atoms with Gasteiger partial charge in [0.05, 0.1) is 11.8 Å². The Morgan fingerprint density at radius 1 is 0.571 bits per heavy atom. The minimum absolute atomic E-state index is 0.195. The third-order valence-electron chi connectivity index (χ3n) is 2.76. The zero-order valence-electron chi connectivity index (χ0n) is 17.8. The number of ether oxygens (including phenoxy) is 4. The van der Waals surface area contributed by atoms with Crippen molar-refractivity contribution in [1.29, 1.82) is 0 Å². The van der Waals surface area contributed by atoms with Crippen LogP contribution in [-0.4, -0.2) is 49.3 Å². The van der Waals surface area contributed by atoms with Crippen LogP contribution in [0.1, 0.15) is 41.5 Å². The van der Waals surface area contributed by atoms with E-state index in [1.807, 2.05) is 0 Å². The number of esters is 4. The minimum atomic E-state index is -1.04. The smallest absolute Gasteiger partial charge is 0.347 e. The second kappa shape index (κ2) is 17.8. The molecule has 0 N–H and O–H groups in total. The van der Waals surface area contributed by atoms with Gasteiger partial charge in [0.2, 0.25) is 0 Å². The molecule has 0 saturated carbocycles. The van der Waals surface area contributed by atoms with Gasteiger partial charge in [-0.3, -0.25) is 9.59 Å². The summed E-state index contributed by atoms with van der Waals surface area (Å²) in [6.07, 6.45) is -2.08. The van der Waals surface area contributed by atoms with Crippen molar-refractivity contribution in [3.05, 3.63) is 26.3 Å². The minimum Gasteiger partial charge on any atom is -0.459 e. The Kier molecular flexibility index (Phi) is 19.1. The second-order valence-corrected chi connectivity index (χ2v) is 5.80. The first-order valence-electron chi connectivity index (χ1n) is 8.80. The van der Waals surface area contributed by atoms with Crippen LogP contribution in [-0.2, 0) is 38.1 Å². The van der Waals surface area contributed by atoms with Gasteiger partial charge in [0, 0.05) is 0 Å². The molecule has 0 aromatic carbocycles. The maximum atomic E-state index is 11.6. The van der Waals surface area contributed by atoms with Crippen molar-refractivity contribution in [2.24, 2.45) is 11.8 Å². The topological polar surface area (TPSA) is 105 Å². The number of carbonyl (C=O) groups excluding carboxylic acids is 4. The third kappa shape index (κ3) is 14.5. The summed E-state index contributed by atoms with van der Waals surface area (Å²) in [4.78, 5) is 45.9. The van der Waals surface area contributed by atoms with E-state index in [4.69, 9.17) is 18.9 Å². The van der Waals surface area contributed by atoms with Gasteiger partial charge in [-0.05, 0) is 13.8 Å². The molecule has 0 aliphatic carbocycles. The first-order chi connectivity index (χ1) is 13.1. The number of rotatable bonds is 9. The van der Waals surface area contributed by atoms with Crippen LogP contribution in [0.2, 0.25) is 0 Å². The highest BCUT2D eigenvalue weighted by molar-refractivity contribution is 5.80. The fourth-order valence-corrected chi connectivity index (χ4v) is 1.24. The van der Waals surface area contributed by atoms with Gasteiger partial charge in [0.1, 0.15) is 13.2 Å². The Labute approximate surface area is 167 Å². The molecule has 2 unspecified atom stereocenters. The highest BCUT2D eigenvalue weighted by atomic mass is 16.6. The molecule has 0 aliphatic heterocycles. The van der Waals surface area contributed by atoms with E-state index in [1.54, 1.807) is 27.7 Å². The summed E-state index contributed by atoms with van der Waals surface area (Å²) < 4.78 is 19.4. The average Bonchev–Trinajstić information content (AvgIpc) is 2.67. The molecule has 0 radical (unpaired) electrons. The predicted molar refractivity (Wildman–Crippen MR) is 105 cm³/mol. The highest BCUT2D eigenvalue weighted by Crippen LogP contribution is 2.04. The summed E-state index contributed by atoms with van der Waals surface area (Å²) in [6, 6.07) is 0. The lowest BCUT2D eigenvalue weighted by Gasteiger charge is -2.15. The van der Waals surface area contributed by atoms with Gasteiger partial charge in [-0.2, -0.15) is 0 Å². The summed E-state index contributed by atoms with van der Waals surface area (Å²) in [7, 11) is 0. The van der Waals surface area contributed by atoms with E-state index in [1.165, 1.54) is 13.8 Å². The van der Waals surface area contributed by atoms with Gasteiger partial charge < -0.3 is 18.9 Å². The van der Waals surface area contributed by atoms with Crippen LogP contribution in [0.3, 0.4) is 0 Å². The molecule has 8 heteroatoms. The molecule has 2 atom stereocenters. The van der Waals surface area contributed by atoms with Crippen LogP contribution in [0, 0.1) is 11.8 Å². The molecule has 28 heavy (non-hydrogen) atoms. The first-order valence-corrected chi connectivity index (χ1v) is 8.80. The standard InChI is InChI=1S/C16H26O8.2C2H4/c1-9(2)13(17)23-11(5)15(19)21-7-8-22-16(20)12(6)24-14(18)10(3)4;2*1-2/h9-12H,7-8H2,1-6H3;2*1-2H2. The van der Waals surface area contributed by atoms with Gasteiger partial charge in [0.15, 0.2) is 12.2 Å². The Morgan fingerprint density at radius 2 is 0.821 bits per heavy atom.